The van der Waals surface area contributed by atoms with Crippen molar-refractivity contribution in [2.45, 2.75) is 13.0 Å². The number of hydrogen-bond donors (Lipinski definition) is 3. The molecule has 0 aromatic heterocycles. The Bertz CT molecular complexity index is 629. The summed E-state index contributed by atoms with van der Waals surface area (Å²) in [5.41, 5.74) is 0.163. The second-order valence-corrected chi connectivity index (χ2v) is 5.18. The van der Waals surface area contributed by atoms with Crippen molar-refractivity contribution in [3.63, 3.8) is 0 Å². The third-order valence-electron chi connectivity index (χ3n) is 2.88. The van der Waals surface area contributed by atoms with Gasteiger partial charge in [0, 0.05) is 6.07 Å². The van der Waals surface area contributed by atoms with E-state index in [0.29, 0.717) is 0 Å². The molecule has 0 spiro atoms. The first-order valence-corrected chi connectivity index (χ1v) is 6.61. The van der Waals surface area contributed by atoms with Gasteiger partial charge < -0.3 is 15.5 Å². The Labute approximate surface area is 123 Å². The molecule has 0 bridgehead atoms. The maximum absolute atomic E-state index is 13.7. The zero-order valence-electron chi connectivity index (χ0n) is 10.5. The number of phenolic OH excluding ortho intramolecular Hbond substituents is 2. The van der Waals surface area contributed by atoms with Crippen LogP contribution in [0, 0.1) is 11.6 Å². The molecule has 0 aliphatic rings. The summed E-state index contributed by atoms with van der Waals surface area (Å²) in [4.78, 5) is 0. The molecule has 6 heteroatoms. The van der Waals surface area contributed by atoms with Crippen molar-refractivity contribution in [3.05, 3.63) is 52.0 Å². The van der Waals surface area contributed by atoms with Gasteiger partial charge >= 0.3 is 0 Å². The molecule has 0 aliphatic carbocycles. The maximum Gasteiger partial charge on any atom is 0.147 e. The molecule has 20 heavy (non-hydrogen) atoms. The number of halogens is 3. The molecule has 3 nitrogen and oxygen atoms in total. The Kier molecular flexibility index (Phi) is 4.13. The van der Waals surface area contributed by atoms with Gasteiger partial charge in [-0.1, -0.05) is 6.07 Å². The molecule has 0 saturated carbocycles. The third-order valence-corrected chi connectivity index (χ3v) is 3.48. The molecule has 3 N–H and O–H groups in total. The van der Waals surface area contributed by atoms with E-state index in [2.05, 4.69) is 21.2 Å². The van der Waals surface area contributed by atoms with Crippen LogP contribution in [0.5, 0.6) is 11.5 Å². The minimum atomic E-state index is -0.639. The summed E-state index contributed by atoms with van der Waals surface area (Å²) in [5.74, 6) is -1.49. The molecule has 0 radical (unpaired) electrons. The van der Waals surface area contributed by atoms with E-state index in [1.54, 1.807) is 6.92 Å². The molecule has 2 aromatic rings. The quantitative estimate of drug-likeness (QED) is 0.728. The van der Waals surface area contributed by atoms with Crippen LogP contribution < -0.4 is 5.32 Å². The summed E-state index contributed by atoms with van der Waals surface area (Å²) >= 11 is 2.89. The van der Waals surface area contributed by atoms with Crippen LogP contribution in [0.25, 0.3) is 0 Å². The fourth-order valence-electron chi connectivity index (χ4n) is 1.92. The van der Waals surface area contributed by atoms with Gasteiger partial charge in [0.25, 0.3) is 0 Å². The van der Waals surface area contributed by atoms with Crippen LogP contribution in [-0.2, 0) is 0 Å². The monoisotopic (exact) mass is 343 g/mol. The molecule has 1 atom stereocenters. The highest BCUT2D eigenvalue weighted by Gasteiger charge is 2.17. The molecule has 0 heterocycles. The number of anilines is 1. The van der Waals surface area contributed by atoms with Gasteiger partial charge in [-0.25, -0.2) is 8.78 Å². The van der Waals surface area contributed by atoms with Gasteiger partial charge in [0.05, 0.1) is 21.8 Å². The third kappa shape index (κ3) is 2.85. The minimum absolute atomic E-state index is 0.0265. The van der Waals surface area contributed by atoms with Crippen LogP contribution in [-0.4, -0.2) is 10.2 Å². The minimum Gasteiger partial charge on any atom is -0.507 e. The summed E-state index contributed by atoms with van der Waals surface area (Å²) in [6.07, 6.45) is 0. The summed E-state index contributed by atoms with van der Waals surface area (Å²) in [6, 6.07) is 5.71. The molecule has 0 aliphatic heterocycles. The zero-order chi connectivity index (χ0) is 14.9. The summed E-state index contributed by atoms with van der Waals surface area (Å²) in [7, 11) is 0. The largest absolute Gasteiger partial charge is 0.507 e. The van der Waals surface area contributed by atoms with Gasteiger partial charge in [-0.15, -0.1) is 0 Å². The van der Waals surface area contributed by atoms with Crippen molar-refractivity contribution in [2.24, 2.45) is 0 Å². The Morgan fingerprint density at radius 1 is 1.10 bits per heavy atom. The Morgan fingerprint density at radius 2 is 1.70 bits per heavy atom. The van der Waals surface area contributed by atoms with E-state index in [4.69, 9.17) is 0 Å². The first kappa shape index (κ1) is 14.6. The first-order chi connectivity index (χ1) is 9.40. The highest BCUT2D eigenvalue weighted by atomic mass is 79.9. The fourth-order valence-corrected chi connectivity index (χ4v) is 2.24. The highest BCUT2D eigenvalue weighted by molar-refractivity contribution is 9.10. The summed E-state index contributed by atoms with van der Waals surface area (Å²) in [6.45, 7) is 1.62. The lowest BCUT2D eigenvalue weighted by Crippen LogP contribution is -2.09. The van der Waals surface area contributed by atoms with Gasteiger partial charge in [-0.05, 0) is 41.1 Å². The van der Waals surface area contributed by atoms with Crippen LogP contribution in [0.4, 0.5) is 14.5 Å². The van der Waals surface area contributed by atoms with Crippen molar-refractivity contribution >= 4 is 21.6 Å². The number of phenols is 2. The molecule has 2 rings (SSSR count). The van der Waals surface area contributed by atoms with Crippen LogP contribution in [0.3, 0.4) is 0 Å². The Balaban J connectivity index is 2.33. The molecule has 0 saturated heterocycles. The van der Waals surface area contributed by atoms with E-state index in [0.717, 1.165) is 12.1 Å². The van der Waals surface area contributed by atoms with E-state index in [1.165, 1.54) is 18.2 Å². The van der Waals surface area contributed by atoms with E-state index in [9.17, 15) is 19.0 Å². The lowest BCUT2D eigenvalue weighted by molar-refractivity contribution is 0.434. The average molecular weight is 344 g/mol. The lowest BCUT2D eigenvalue weighted by Gasteiger charge is -2.18. The first-order valence-electron chi connectivity index (χ1n) is 5.82. The van der Waals surface area contributed by atoms with Crippen LogP contribution in [0.2, 0.25) is 0 Å². The van der Waals surface area contributed by atoms with Crippen molar-refractivity contribution in [2.75, 3.05) is 5.32 Å². The molecule has 1 unspecified atom stereocenters. The van der Waals surface area contributed by atoms with E-state index >= 15 is 0 Å². The SMILES string of the molecule is CC(Nc1cc(F)c(Br)cc1F)c1c(O)cccc1O. The van der Waals surface area contributed by atoms with Gasteiger partial charge in [0.15, 0.2) is 0 Å². The highest BCUT2D eigenvalue weighted by Crippen LogP contribution is 2.35. The van der Waals surface area contributed by atoms with Crippen LogP contribution >= 0.6 is 15.9 Å². The smallest absolute Gasteiger partial charge is 0.147 e. The van der Waals surface area contributed by atoms with Crippen molar-refractivity contribution < 1.29 is 19.0 Å². The summed E-state index contributed by atoms with van der Waals surface area (Å²) < 4.78 is 27.2. The zero-order valence-corrected chi connectivity index (χ0v) is 12.1. The number of rotatable bonds is 3. The lowest BCUT2D eigenvalue weighted by atomic mass is 10.1. The Morgan fingerprint density at radius 3 is 2.30 bits per heavy atom. The second kappa shape index (κ2) is 5.66. The van der Waals surface area contributed by atoms with E-state index in [1.807, 2.05) is 0 Å². The van der Waals surface area contributed by atoms with Crippen molar-refractivity contribution in [1.29, 1.82) is 0 Å². The van der Waals surface area contributed by atoms with E-state index in [-0.39, 0.29) is 27.2 Å². The molecule has 106 valence electrons. The molecular formula is C14H12BrF2NO2. The van der Waals surface area contributed by atoms with Gasteiger partial charge in [0.2, 0.25) is 0 Å². The number of benzene rings is 2. The standard InChI is InChI=1S/C14H12BrF2NO2/c1-7(14-12(19)3-2-4-13(14)20)18-11-6-9(16)8(15)5-10(11)17/h2-7,18-20H,1H3. The van der Waals surface area contributed by atoms with Gasteiger partial charge in [0.1, 0.15) is 23.1 Å². The normalized spacial score (nSPS) is 12.2. The average Bonchev–Trinajstić information content (AvgIpc) is 2.35. The molecule has 0 fully saturated rings. The maximum atomic E-state index is 13.7. The van der Waals surface area contributed by atoms with Gasteiger partial charge in [-0.3, -0.25) is 0 Å². The van der Waals surface area contributed by atoms with Crippen LogP contribution in [0.15, 0.2) is 34.8 Å². The van der Waals surface area contributed by atoms with Gasteiger partial charge in [-0.2, -0.15) is 0 Å². The van der Waals surface area contributed by atoms with Crippen molar-refractivity contribution in [3.8, 4) is 11.5 Å². The number of hydrogen-bond acceptors (Lipinski definition) is 3. The topological polar surface area (TPSA) is 52.5 Å². The second-order valence-electron chi connectivity index (χ2n) is 4.32. The predicted molar refractivity (Wildman–Crippen MR) is 75.9 cm³/mol. The fraction of sp³-hybridized carbons (Fsp3) is 0.143. The number of nitrogens with one attached hydrogen (secondary N) is 1. The van der Waals surface area contributed by atoms with Crippen LogP contribution in [0.1, 0.15) is 18.5 Å². The summed E-state index contributed by atoms with van der Waals surface area (Å²) in [5, 5.41) is 22.2. The molecule has 0 amide bonds. The predicted octanol–water partition coefficient (Wildman–Crippen LogP) is 4.31. The van der Waals surface area contributed by atoms with Crippen molar-refractivity contribution in [1.82, 2.24) is 0 Å². The Hall–Kier alpha value is -1.82. The van der Waals surface area contributed by atoms with E-state index < -0.39 is 17.7 Å². The molecule has 2 aromatic carbocycles. The molecular weight excluding hydrogens is 332 g/mol. The number of aromatic hydroxyl groups is 2.